The maximum Gasteiger partial charge on any atom is 0.303 e. The Morgan fingerprint density at radius 3 is 2.26 bits per heavy atom. The minimum absolute atomic E-state index is 0.140. The van der Waals surface area contributed by atoms with Crippen molar-refractivity contribution in [1.29, 1.82) is 0 Å². The van der Waals surface area contributed by atoms with Gasteiger partial charge in [0.1, 0.15) is 18.2 Å². The molecular weight excluding hydrogens is 484 g/mol. The molecule has 3 aromatic carbocycles. The molecule has 1 aliphatic heterocycles. The Bertz CT molecular complexity index is 1300. The number of carbonyl (C=O) groups is 1. The fourth-order valence-corrected chi connectivity index (χ4v) is 5.48. The number of ether oxygens (including phenoxy) is 1. The van der Waals surface area contributed by atoms with Gasteiger partial charge in [0.15, 0.2) is 0 Å². The highest BCUT2D eigenvalue weighted by molar-refractivity contribution is 5.94. The van der Waals surface area contributed by atoms with Crippen LogP contribution in [0.2, 0.25) is 0 Å². The molecule has 0 amide bonds. The summed E-state index contributed by atoms with van der Waals surface area (Å²) in [4.78, 5) is 17.9. The van der Waals surface area contributed by atoms with E-state index in [4.69, 9.17) is 14.8 Å². The molecule has 0 bridgehead atoms. The van der Waals surface area contributed by atoms with Crippen LogP contribution in [0.5, 0.6) is 5.75 Å². The minimum Gasteiger partial charge on any atom is -0.489 e. The number of carboxylic acid groups (broad SMARTS) is 1. The molecule has 5 heteroatoms. The molecule has 2 aliphatic rings. The number of aliphatic carboxylic acids is 1. The molecule has 0 saturated heterocycles. The monoisotopic (exact) mass is 522 g/mol. The van der Waals surface area contributed by atoms with E-state index in [0.29, 0.717) is 13.0 Å². The second kappa shape index (κ2) is 12.8. The lowest BCUT2D eigenvalue weighted by molar-refractivity contribution is -0.136. The average Bonchev–Trinajstić information content (AvgIpc) is 3.48. The van der Waals surface area contributed by atoms with Gasteiger partial charge in [0.2, 0.25) is 0 Å². The van der Waals surface area contributed by atoms with E-state index in [-0.39, 0.29) is 6.42 Å². The van der Waals surface area contributed by atoms with E-state index >= 15 is 0 Å². The van der Waals surface area contributed by atoms with Crippen molar-refractivity contribution in [3.63, 3.8) is 0 Å². The molecule has 1 heterocycles. The molecule has 0 spiro atoms. The van der Waals surface area contributed by atoms with Crippen LogP contribution in [0.1, 0.15) is 78.7 Å². The summed E-state index contributed by atoms with van der Waals surface area (Å²) in [6.45, 7) is 1.30. The van der Waals surface area contributed by atoms with Gasteiger partial charge in [-0.05, 0) is 65.1 Å². The molecule has 1 N–H and O–H groups in total. The van der Waals surface area contributed by atoms with Crippen molar-refractivity contribution >= 4 is 17.5 Å². The summed E-state index contributed by atoms with van der Waals surface area (Å²) in [5.74, 6) is 1.83. The summed E-state index contributed by atoms with van der Waals surface area (Å²) >= 11 is 0. The van der Waals surface area contributed by atoms with Crippen molar-refractivity contribution < 1.29 is 14.6 Å². The van der Waals surface area contributed by atoms with Gasteiger partial charge in [-0.3, -0.25) is 4.79 Å². The topological polar surface area (TPSA) is 62.1 Å². The summed E-state index contributed by atoms with van der Waals surface area (Å²) in [5, 5.41) is 8.82. The number of benzene rings is 3. The molecule has 0 aromatic heterocycles. The van der Waals surface area contributed by atoms with E-state index in [1.807, 2.05) is 24.3 Å². The summed E-state index contributed by atoms with van der Waals surface area (Å²) in [5.41, 5.74) is 7.11. The van der Waals surface area contributed by atoms with Crippen LogP contribution in [0.25, 0.3) is 5.70 Å². The number of amidine groups is 1. The number of hydrogen-bond donors (Lipinski definition) is 1. The lowest BCUT2D eigenvalue weighted by Crippen LogP contribution is -2.24. The first-order valence-electron chi connectivity index (χ1n) is 14.1. The molecule has 0 atom stereocenters. The van der Waals surface area contributed by atoms with Crippen LogP contribution in [0.3, 0.4) is 0 Å². The molecular formula is C34H38N2O3. The Morgan fingerprint density at radius 2 is 1.56 bits per heavy atom. The second-order valence-corrected chi connectivity index (χ2v) is 10.8. The average molecular weight is 523 g/mol. The standard InChI is InChI=1S/C34H38N2O3/c1-36(33-21-20-32(35-33)30-16-14-29(15-17-30)28-5-3-2-4-6-28)23-26-7-9-27(10-8-26)24-39-31-18-11-25(12-19-31)13-22-34(37)38/h7-12,14-20,28H,2-6,13,21-24H2,1H3,(H,37,38). The molecule has 1 aliphatic carbocycles. The van der Waals surface area contributed by atoms with Crippen molar-refractivity contribution in [2.75, 3.05) is 7.05 Å². The molecule has 202 valence electrons. The fraction of sp³-hybridized carbons (Fsp3) is 0.353. The molecule has 1 saturated carbocycles. The summed E-state index contributed by atoms with van der Waals surface area (Å²) < 4.78 is 5.92. The largest absolute Gasteiger partial charge is 0.489 e. The van der Waals surface area contributed by atoms with E-state index in [1.54, 1.807) is 0 Å². The first-order chi connectivity index (χ1) is 19.0. The van der Waals surface area contributed by atoms with Gasteiger partial charge in [-0.15, -0.1) is 0 Å². The first kappa shape index (κ1) is 26.7. The molecule has 1 fully saturated rings. The highest BCUT2D eigenvalue weighted by atomic mass is 16.5. The highest BCUT2D eigenvalue weighted by Crippen LogP contribution is 2.33. The normalized spacial score (nSPS) is 15.5. The third kappa shape index (κ3) is 7.38. The van der Waals surface area contributed by atoms with Crippen molar-refractivity contribution in [2.45, 2.75) is 70.4 Å². The lowest BCUT2D eigenvalue weighted by Gasteiger charge is -2.22. The molecule has 5 rings (SSSR count). The predicted octanol–water partition coefficient (Wildman–Crippen LogP) is 7.61. The van der Waals surface area contributed by atoms with Crippen LogP contribution in [-0.4, -0.2) is 28.9 Å². The van der Waals surface area contributed by atoms with E-state index in [9.17, 15) is 4.79 Å². The highest BCUT2D eigenvalue weighted by Gasteiger charge is 2.17. The molecule has 0 radical (unpaired) electrons. The van der Waals surface area contributed by atoms with Gasteiger partial charge in [-0.2, -0.15) is 0 Å². The number of aryl methyl sites for hydroxylation is 1. The third-order valence-corrected chi connectivity index (χ3v) is 7.85. The second-order valence-electron chi connectivity index (χ2n) is 10.8. The van der Waals surface area contributed by atoms with E-state index < -0.39 is 5.97 Å². The minimum atomic E-state index is -0.780. The number of rotatable bonds is 10. The van der Waals surface area contributed by atoms with Gasteiger partial charge in [0, 0.05) is 26.4 Å². The molecule has 39 heavy (non-hydrogen) atoms. The predicted molar refractivity (Wildman–Crippen MR) is 157 cm³/mol. The zero-order valence-corrected chi connectivity index (χ0v) is 22.8. The van der Waals surface area contributed by atoms with E-state index in [0.717, 1.165) is 47.3 Å². The lowest BCUT2D eigenvalue weighted by atomic mass is 9.84. The molecule has 3 aromatic rings. The van der Waals surface area contributed by atoms with Gasteiger partial charge >= 0.3 is 5.97 Å². The summed E-state index contributed by atoms with van der Waals surface area (Å²) in [6, 6.07) is 25.3. The van der Waals surface area contributed by atoms with Crippen molar-refractivity contribution in [3.8, 4) is 5.75 Å². The Labute approximate surface area is 231 Å². The van der Waals surface area contributed by atoms with Gasteiger partial charge < -0.3 is 14.7 Å². The van der Waals surface area contributed by atoms with Crippen molar-refractivity contribution in [3.05, 3.63) is 107 Å². The van der Waals surface area contributed by atoms with E-state index in [1.165, 1.54) is 48.8 Å². The maximum atomic E-state index is 10.7. The van der Waals surface area contributed by atoms with Gasteiger partial charge in [-0.25, -0.2) is 4.99 Å². The maximum absolute atomic E-state index is 10.7. The Kier molecular flexibility index (Phi) is 8.77. The van der Waals surface area contributed by atoms with Crippen LogP contribution in [0, 0.1) is 0 Å². The fourth-order valence-electron chi connectivity index (χ4n) is 5.48. The Hall–Kier alpha value is -3.86. The quantitative estimate of drug-likeness (QED) is 0.298. The van der Waals surface area contributed by atoms with E-state index in [2.05, 4.69) is 66.6 Å². The zero-order valence-electron chi connectivity index (χ0n) is 22.8. The Morgan fingerprint density at radius 1 is 0.897 bits per heavy atom. The number of carboxylic acids is 1. The van der Waals surface area contributed by atoms with Crippen LogP contribution in [0.15, 0.2) is 83.9 Å². The van der Waals surface area contributed by atoms with Crippen molar-refractivity contribution in [1.82, 2.24) is 4.90 Å². The number of nitrogens with zero attached hydrogens (tertiary/aromatic N) is 2. The summed E-state index contributed by atoms with van der Waals surface area (Å²) in [6.07, 6.45) is 10.5. The van der Waals surface area contributed by atoms with Gasteiger partial charge in [-0.1, -0.05) is 86.0 Å². The SMILES string of the molecule is CN(Cc1ccc(COc2ccc(CCC(=O)O)cc2)cc1)C1=NC(c2ccc(C3CCCCC3)cc2)=CC1. The van der Waals surface area contributed by atoms with Crippen LogP contribution in [-0.2, 0) is 24.4 Å². The van der Waals surface area contributed by atoms with Crippen LogP contribution in [0.4, 0.5) is 0 Å². The summed E-state index contributed by atoms with van der Waals surface area (Å²) in [7, 11) is 2.11. The van der Waals surface area contributed by atoms with Crippen LogP contribution < -0.4 is 4.74 Å². The molecule has 0 unspecified atom stereocenters. The zero-order chi connectivity index (χ0) is 27.0. The number of hydrogen-bond acceptors (Lipinski definition) is 4. The first-order valence-corrected chi connectivity index (χ1v) is 14.1. The van der Waals surface area contributed by atoms with Crippen molar-refractivity contribution in [2.24, 2.45) is 4.99 Å². The molecule has 5 nitrogen and oxygen atoms in total. The Balaban J connectivity index is 1.10. The third-order valence-electron chi connectivity index (χ3n) is 7.85. The van der Waals surface area contributed by atoms with Gasteiger partial charge in [0.25, 0.3) is 0 Å². The number of aliphatic imine (C=N–C) groups is 1. The smallest absolute Gasteiger partial charge is 0.303 e. The van der Waals surface area contributed by atoms with Crippen LogP contribution >= 0.6 is 0 Å². The van der Waals surface area contributed by atoms with Gasteiger partial charge in [0.05, 0.1) is 5.70 Å².